The molecule has 8 heteroatoms. The number of hydrogen-bond acceptors (Lipinski definition) is 4. The van der Waals surface area contributed by atoms with E-state index in [-0.39, 0.29) is 28.5 Å². The van der Waals surface area contributed by atoms with Gasteiger partial charge in [0, 0.05) is 12.1 Å². The molecule has 0 spiro atoms. The summed E-state index contributed by atoms with van der Waals surface area (Å²) in [6, 6.07) is 2.54. The van der Waals surface area contributed by atoms with Crippen molar-refractivity contribution in [2.75, 3.05) is 6.61 Å². The first-order chi connectivity index (χ1) is 11.8. The summed E-state index contributed by atoms with van der Waals surface area (Å²) in [7, 11) is -3.92. The second-order valence-electron chi connectivity index (χ2n) is 6.59. The summed E-state index contributed by atoms with van der Waals surface area (Å²) in [4.78, 5) is 12.5. The first-order valence-corrected chi connectivity index (χ1v) is 10.3. The first kappa shape index (κ1) is 18.6. The van der Waals surface area contributed by atoms with Gasteiger partial charge in [0.2, 0.25) is 10.0 Å². The van der Waals surface area contributed by atoms with E-state index in [1.54, 1.807) is 6.92 Å². The monoisotopic (exact) mass is 389 g/mol. The molecule has 2 aliphatic heterocycles. The van der Waals surface area contributed by atoms with Gasteiger partial charge in [0.05, 0.1) is 17.0 Å². The van der Waals surface area contributed by atoms with Crippen LogP contribution in [0.1, 0.15) is 39.5 Å². The van der Waals surface area contributed by atoms with Crippen LogP contribution in [0.25, 0.3) is 0 Å². The Bertz CT molecular complexity index is 800. The van der Waals surface area contributed by atoms with Crippen LogP contribution >= 0.6 is 11.6 Å². The normalized spacial score (nSPS) is 29.1. The second kappa shape index (κ2) is 6.52. The summed E-state index contributed by atoms with van der Waals surface area (Å²) in [6.07, 6.45) is 2.26. The molecule has 0 N–H and O–H groups in total. The van der Waals surface area contributed by atoms with E-state index in [1.165, 1.54) is 10.4 Å². The molecule has 0 amide bonds. The average molecular weight is 390 g/mol. The Morgan fingerprint density at radius 2 is 2.12 bits per heavy atom. The van der Waals surface area contributed by atoms with Crippen LogP contribution in [0.5, 0.6) is 0 Å². The van der Waals surface area contributed by atoms with E-state index in [2.05, 4.69) is 0 Å². The quantitative estimate of drug-likeness (QED) is 0.724. The molecule has 2 aliphatic rings. The van der Waals surface area contributed by atoms with Gasteiger partial charge < -0.3 is 4.74 Å². The van der Waals surface area contributed by atoms with Crippen molar-refractivity contribution in [3.8, 4) is 0 Å². The summed E-state index contributed by atoms with van der Waals surface area (Å²) in [5.41, 5.74) is -0.821. The van der Waals surface area contributed by atoms with Gasteiger partial charge in [0.15, 0.2) is 0 Å². The van der Waals surface area contributed by atoms with Gasteiger partial charge in [0.25, 0.3) is 0 Å². The Labute approximate surface area is 152 Å². The Morgan fingerprint density at radius 3 is 2.72 bits per heavy atom. The van der Waals surface area contributed by atoms with Crippen LogP contribution in [0, 0.1) is 11.2 Å². The molecular formula is C17H21ClFNO4S. The molecule has 2 bridgehead atoms. The molecule has 2 saturated heterocycles. The van der Waals surface area contributed by atoms with E-state index in [9.17, 15) is 17.6 Å². The summed E-state index contributed by atoms with van der Waals surface area (Å²) < 4.78 is 46.3. The summed E-state index contributed by atoms with van der Waals surface area (Å²) in [5.74, 6) is -0.933. The van der Waals surface area contributed by atoms with Gasteiger partial charge in [-0.25, -0.2) is 12.8 Å². The fourth-order valence-electron chi connectivity index (χ4n) is 4.31. The van der Waals surface area contributed by atoms with Gasteiger partial charge in [-0.15, -0.1) is 0 Å². The maximum atomic E-state index is 13.3. The summed E-state index contributed by atoms with van der Waals surface area (Å²) >= 11 is 5.99. The Kier molecular flexibility index (Phi) is 4.85. The number of benzene rings is 1. The Balaban J connectivity index is 2.02. The number of esters is 1. The minimum atomic E-state index is -3.92. The van der Waals surface area contributed by atoms with Gasteiger partial charge in [-0.1, -0.05) is 18.5 Å². The van der Waals surface area contributed by atoms with Gasteiger partial charge >= 0.3 is 5.97 Å². The molecular weight excluding hydrogens is 369 g/mol. The van der Waals surface area contributed by atoms with Crippen LogP contribution in [-0.2, 0) is 19.6 Å². The minimum Gasteiger partial charge on any atom is -0.466 e. The molecule has 0 unspecified atom stereocenters. The van der Waals surface area contributed by atoms with Crippen LogP contribution in [0.4, 0.5) is 4.39 Å². The molecule has 0 aliphatic carbocycles. The number of fused-ring (bicyclic) bond motifs is 2. The van der Waals surface area contributed by atoms with Crippen molar-refractivity contribution in [2.45, 2.75) is 56.5 Å². The third-order valence-corrected chi connectivity index (χ3v) is 7.88. The number of sulfonamides is 1. The lowest BCUT2D eigenvalue weighted by Crippen LogP contribution is -2.45. The van der Waals surface area contributed by atoms with E-state index >= 15 is 0 Å². The largest absolute Gasteiger partial charge is 0.466 e. The van der Waals surface area contributed by atoms with Crippen molar-refractivity contribution in [1.29, 1.82) is 0 Å². The van der Waals surface area contributed by atoms with Gasteiger partial charge in [-0.3, -0.25) is 4.79 Å². The van der Waals surface area contributed by atoms with Crippen LogP contribution in [-0.4, -0.2) is 37.4 Å². The predicted molar refractivity (Wildman–Crippen MR) is 91.2 cm³/mol. The third-order valence-electron chi connectivity index (χ3n) is 5.44. The highest BCUT2D eigenvalue weighted by atomic mass is 35.5. The number of ether oxygens (including phenoxy) is 1. The predicted octanol–water partition coefficient (Wildman–Crippen LogP) is 3.36. The molecule has 0 radical (unpaired) electrons. The van der Waals surface area contributed by atoms with Crippen LogP contribution in [0.3, 0.4) is 0 Å². The molecule has 0 saturated carbocycles. The number of carbonyl (C=O) groups is 1. The molecule has 0 aromatic heterocycles. The maximum Gasteiger partial charge on any atom is 0.313 e. The smallest absolute Gasteiger partial charge is 0.313 e. The van der Waals surface area contributed by atoms with E-state index in [0.717, 1.165) is 12.1 Å². The van der Waals surface area contributed by atoms with Crippen LogP contribution < -0.4 is 0 Å². The molecule has 3 atom stereocenters. The topological polar surface area (TPSA) is 63.7 Å². The van der Waals surface area contributed by atoms with E-state index < -0.39 is 27.3 Å². The summed E-state index contributed by atoms with van der Waals surface area (Å²) in [6.45, 7) is 3.88. The molecule has 1 aromatic rings. The van der Waals surface area contributed by atoms with Crippen LogP contribution in [0.2, 0.25) is 5.02 Å². The van der Waals surface area contributed by atoms with Gasteiger partial charge in [-0.05, 0) is 50.8 Å². The summed E-state index contributed by atoms with van der Waals surface area (Å²) in [5, 5.41) is -0.149. The number of nitrogens with zero attached hydrogens (tertiary/aromatic N) is 1. The lowest BCUT2D eigenvalue weighted by Gasteiger charge is -2.34. The second-order valence-corrected chi connectivity index (χ2v) is 8.81. The highest BCUT2D eigenvalue weighted by molar-refractivity contribution is 7.89. The average Bonchev–Trinajstić information content (AvgIpc) is 3.11. The fraction of sp³-hybridized carbons (Fsp3) is 0.588. The van der Waals surface area contributed by atoms with Crippen molar-refractivity contribution >= 4 is 27.6 Å². The highest BCUT2D eigenvalue weighted by Crippen LogP contribution is 2.54. The van der Waals surface area contributed by atoms with Crippen LogP contribution in [0.15, 0.2) is 23.1 Å². The lowest BCUT2D eigenvalue weighted by atomic mass is 9.72. The molecule has 5 nitrogen and oxygen atoms in total. The van der Waals surface area contributed by atoms with E-state index in [4.69, 9.17) is 16.3 Å². The Morgan fingerprint density at radius 1 is 1.40 bits per heavy atom. The van der Waals surface area contributed by atoms with Crippen molar-refractivity contribution in [3.05, 3.63) is 29.0 Å². The van der Waals surface area contributed by atoms with Gasteiger partial charge in [0.1, 0.15) is 10.7 Å². The molecule has 25 heavy (non-hydrogen) atoms. The number of halogens is 2. The highest BCUT2D eigenvalue weighted by Gasteiger charge is 2.63. The molecule has 3 rings (SSSR count). The number of carbonyl (C=O) groups excluding carboxylic acids is 1. The SMILES string of the molecule is CCOC(=O)[C@]1(CC)C[C@@H]2CC[C@H]1N2S(=O)(=O)c1ccc(F)cc1Cl. The van der Waals surface area contributed by atoms with E-state index in [1.807, 2.05) is 6.92 Å². The number of hydrogen-bond donors (Lipinski definition) is 0. The Hall–Kier alpha value is -1.18. The van der Waals surface area contributed by atoms with Crippen molar-refractivity contribution < 1.29 is 22.3 Å². The minimum absolute atomic E-state index is 0.122. The third kappa shape index (κ3) is 2.76. The molecule has 2 heterocycles. The molecule has 2 fully saturated rings. The number of rotatable bonds is 5. The zero-order valence-electron chi connectivity index (χ0n) is 14.2. The van der Waals surface area contributed by atoms with Crippen molar-refractivity contribution in [3.63, 3.8) is 0 Å². The van der Waals surface area contributed by atoms with Crippen molar-refractivity contribution in [2.24, 2.45) is 5.41 Å². The molecule has 138 valence electrons. The zero-order valence-corrected chi connectivity index (χ0v) is 15.7. The van der Waals surface area contributed by atoms with Crippen molar-refractivity contribution in [1.82, 2.24) is 4.31 Å². The fourth-order valence-corrected chi connectivity index (χ4v) is 6.75. The first-order valence-electron chi connectivity index (χ1n) is 8.43. The maximum absolute atomic E-state index is 13.3. The van der Waals surface area contributed by atoms with E-state index in [0.29, 0.717) is 25.7 Å². The lowest BCUT2D eigenvalue weighted by molar-refractivity contribution is -0.157. The standard InChI is InChI=1S/C17H21ClFNO4S/c1-3-17(16(21)24-4-2)10-12-6-8-15(17)20(12)25(22,23)14-7-5-11(19)9-13(14)18/h5,7,9,12,15H,3-4,6,8,10H2,1-2H3/t12-,15+,17+/m0/s1. The molecule has 1 aromatic carbocycles. The van der Waals surface area contributed by atoms with Gasteiger partial charge in [-0.2, -0.15) is 4.31 Å². The zero-order chi connectivity index (χ0) is 18.4.